The van der Waals surface area contributed by atoms with Crippen LogP contribution in [0.1, 0.15) is 35.8 Å². The Morgan fingerprint density at radius 2 is 2.00 bits per heavy atom. The van der Waals surface area contributed by atoms with Crippen LogP contribution in [-0.2, 0) is 0 Å². The number of halogens is 2. The van der Waals surface area contributed by atoms with Crippen molar-refractivity contribution in [3.8, 4) is 5.69 Å². The van der Waals surface area contributed by atoms with Crippen molar-refractivity contribution < 1.29 is 9.90 Å². The molecule has 1 aromatic carbocycles. The molecule has 1 heterocycles. The average Bonchev–Trinajstić information content (AvgIpc) is 2.41. The Bertz CT molecular complexity index is 769. The van der Waals surface area contributed by atoms with E-state index in [-0.39, 0.29) is 10.9 Å². The van der Waals surface area contributed by atoms with Crippen LogP contribution in [0.25, 0.3) is 5.69 Å². The van der Waals surface area contributed by atoms with Gasteiger partial charge in [0.2, 0.25) is 11.1 Å². The zero-order valence-electron chi connectivity index (χ0n) is 11.3. The summed E-state index contributed by atoms with van der Waals surface area (Å²) in [5, 5.41) is 13.5. The van der Waals surface area contributed by atoms with Crippen molar-refractivity contribution in [1.29, 1.82) is 0 Å². The third kappa shape index (κ3) is 2.94. The smallest absolute Gasteiger partial charge is 0.360 e. The van der Waals surface area contributed by atoms with Gasteiger partial charge in [-0.3, -0.25) is 4.79 Å². The first kappa shape index (κ1) is 15.5. The third-order valence-electron chi connectivity index (χ3n) is 2.95. The van der Waals surface area contributed by atoms with E-state index in [2.05, 4.69) is 5.10 Å². The van der Waals surface area contributed by atoms with Crippen LogP contribution in [0.15, 0.2) is 29.2 Å². The third-order valence-corrected chi connectivity index (χ3v) is 3.76. The molecule has 0 amide bonds. The fourth-order valence-corrected chi connectivity index (χ4v) is 2.24. The number of carboxylic acid groups (broad SMARTS) is 1. The molecule has 0 aliphatic heterocycles. The number of hydrogen-bond donors (Lipinski definition) is 1. The number of hydrogen-bond acceptors (Lipinski definition) is 3. The van der Waals surface area contributed by atoms with E-state index in [0.717, 1.165) is 0 Å². The molecule has 0 unspecified atom stereocenters. The van der Waals surface area contributed by atoms with E-state index in [4.69, 9.17) is 28.3 Å². The summed E-state index contributed by atoms with van der Waals surface area (Å²) < 4.78 is 1.27. The van der Waals surface area contributed by atoms with Gasteiger partial charge in [-0.1, -0.05) is 43.1 Å². The highest BCUT2D eigenvalue weighted by Gasteiger charge is 2.19. The maximum absolute atomic E-state index is 12.1. The van der Waals surface area contributed by atoms with Gasteiger partial charge in [0.15, 0.2) is 0 Å². The van der Waals surface area contributed by atoms with E-state index >= 15 is 0 Å². The molecule has 0 aliphatic rings. The number of rotatable bonds is 3. The lowest BCUT2D eigenvalue weighted by Gasteiger charge is -2.13. The van der Waals surface area contributed by atoms with Gasteiger partial charge in [0.1, 0.15) is 0 Å². The SMILES string of the molecule is CC(C)c1cn(-c2cccc(Cl)c2Cl)nc(C(=O)O)c1=O. The number of nitrogens with zero attached hydrogens (tertiary/aromatic N) is 2. The molecular weight excluding hydrogens is 315 g/mol. The minimum Gasteiger partial charge on any atom is -0.476 e. The van der Waals surface area contributed by atoms with E-state index in [1.807, 2.05) is 0 Å². The first-order valence-electron chi connectivity index (χ1n) is 6.14. The molecule has 7 heteroatoms. The molecule has 5 nitrogen and oxygen atoms in total. The largest absolute Gasteiger partial charge is 0.476 e. The second kappa shape index (κ2) is 5.87. The fraction of sp³-hybridized carbons (Fsp3) is 0.214. The summed E-state index contributed by atoms with van der Waals surface area (Å²) in [5.41, 5.74) is -0.379. The summed E-state index contributed by atoms with van der Waals surface area (Å²) in [5.74, 6) is -1.53. The van der Waals surface area contributed by atoms with Crippen molar-refractivity contribution in [2.75, 3.05) is 0 Å². The molecule has 2 aromatic rings. The zero-order chi connectivity index (χ0) is 15.7. The second-order valence-electron chi connectivity index (χ2n) is 4.74. The molecule has 0 fully saturated rings. The number of carboxylic acids is 1. The molecule has 1 N–H and O–H groups in total. The highest BCUT2D eigenvalue weighted by atomic mass is 35.5. The lowest BCUT2D eigenvalue weighted by Crippen LogP contribution is -2.25. The van der Waals surface area contributed by atoms with Gasteiger partial charge in [-0.25, -0.2) is 9.48 Å². The molecule has 0 saturated carbocycles. The summed E-state index contributed by atoms with van der Waals surface area (Å²) >= 11 is 12.1. The zero-order valence-corrected chi connectivity index (χ0v) is 12.8. The highest BCUT2D eigenvalue weighted by molar-refractivity contribution is 6.43. The van der Waals surface area contributed by atoms with Crippen LogP contribution >= 0.6 is 23.2 Å². The highest BCUT2D eigenvalue weighted by Crippen LogP contribution is 2.28. The Kier molecular flexibility index (Phi) is 4.34. The number of aromatic nitrogens is 2. The predicted octanol–water partition coefficient (Wildman–Crippen LogP) is 3.36. The number of aromatic carboxylic acids is 1. The van der Waals surface area contributed by atoms with Gasteiger partial charge in [0, 0.05) is 11.8 Å². The summed E-state index contributed by atoms with van der Waals surface area (Å²) in [7, 11) is 0. The van der Waals surface area contributed by atoms with E-state index in [0.29, 0.717) is 16.3 Å². The Hall–Kier alpha value is -1.85. The monoisotopic (exact) mass is 326 g/mol. The first-order valence-corrected chi connectivity index (χ1v) is 6.90. The molecule has 110 valence electrons. The molecule has 1 aromatic heterocycles. The van der Waals surface area contributed by atoms with Gasteiger partial charge in [0.25, 0.3) is 0 Å². The number of benzene rings is 1. The van der Waals surface area contributed by atoms with Crippen LogP contribution in [-0.4, -0.2) is 20.9 Å². The Labute approximate surface area is 130 Å². The maximum Gasteiger partial charge on any atom is 0.360 e. The van der Waals surface area contributed by atoms with Crippen molar-refractivity contribution in [1.82, 2.24) is 9.78 Å². The van der Waals surface area contributed by atoms with E-state index < -0.39 is 17.1 Å². The minimum atomic E-state index is -1.38. The molecular formula is C14H12Cl2N2O3. The van der Waals surface area contributed by atoms with Crippen LogP contribution < -0.4 is 5.43 Å². The standard InChI is InChI=1S/C14H12Cl2N2O3/c1-7(2)8-6-18(17-12(13(8)19)14(20)21)10-5-3-4-9(15)11(10)16/h3-7H,1-2H3,(H,20,21). The van der Waals surface area contributed by atoms with Gasteiger partial charge >= 0.3 is 5.97 Å². The summed E-state index contributed by atoms with van der Waals surface area (Å²) in [6.45, 7) is 3.60. The molecule has 0 bridgehead atoms. The number of carbonyl (C=O) groups is 1. The quantitative estimate of drug-likeness (QED) is 0.938. The first-order chi connectivity index (χ1) is 9.82. The van der Waals surface area contributed by atoms with Crippen LogP contribution in [0.3, 0.4) is 0 Å². The molecule has 0 spiro atoms. The lowest BCUT2D eigenvalue weighted by atomic mass is 10.0. The summed E-state index contributed by atoms with van der Waals surface area (Å²) in [6.07, 6.45) is 1.48. The van der Waals surface area contributed by atoms with E-state index in [9.17, 15) is 9.59 Å². The topological polar surface area (TPSA) is 72.2 Å². The molecule has 2 rings (SSSR count). The van der Waals surface area contributed by atoms with Crippen molar-refractivity contribution in [3.05, 3.63) is 55.9 Å². The van der Waals surface area contributed by atoms with E-state index in [1.165, 1.54) is 10.9 Å². The fourth-order valence-electron chi connectivity index (χ4n) is 1.85. The van der Waals surface area contributed by atoms with Gasteiger partial charge in [-0.15, -0.1) is 0 Å². The van der Waals surface area contributed by atoms with Gasteiger partial charge in [0.05, 0.1) is 15.7 Å². The van der Waals surface area contributed by atoms with Gasteiger partial charge in [-0.2, -0.15) is 5.10 Å². The Morgan fingerprint density at radius 3 is 2.57 bits per heavy atom. The van der Waals surface area contributed by atoms with Crippen LogP contribution in [0.2, 0.25) is 10.0 Å². The summed E-state index contributed by atoms with van der Waals surface area (Å²) in [4.78, 5) is 23.3. The molecule has 0 aliphatic carbocycles. The average molecular weight is 327 g/mol. The van der Waals surface area contributed by atoms with Crippen LogP contribution in [0, 0.1) is 0 Å². The van der Waals surface area contributed by atoms with Crippen molar-refractivity contribution >= 4 is 29.2 Å². The maximum atomic E-state index is 12.1. The molecule has 0 saturated heterocycles. The summed E-state index contributed by atoms with van der Waals surface area (Å²) in [6, 6.07) is 4.91. The van der Waals surface area contributed by atoms with Crippen molar-refractivity contribution in [2.24, 2.45) is 0 Å². The van der Waals surface area contributed by atoms with Gasteiger partial charge in [-0.05, 0) is 18.1 Å². The van der Waals surface area contributed by atoms with Crippen LogP contribution in [0.5, 0.6) is 0 Å². The minimum absolute atomic E-state index is 0.150. The van der Waals surface area contributed by atoms with Crippen molar-refractivity contribution in [2.45, 2.75) is 19.8 Å². The molecule has 21 heavy (non-hydrogen) atoms. The van der Waals surface area contributed by atoms with E-state index in [1.54, 1.807) is 32.0 Å². The van der Waals surface area contributed by atoms with Crippen molar-refractivity contribution in [3.63, 3.8) is 0 Å². The lowest BCUT2D eigenvalue weighted by molar-refractivity contribution is 0.0686. The Morgan fingerprint density at radius 1 is 1.33 bits per heavy atom. The van der Waals surface area contributed by atoms with Gasteiger partial charge < -0.3 is 5.11 Å². The Balaban J connectivity index is 2.78. The predicted molar refractivity (Wildman–Crippen MR) is 80.9 cm³/mol. The molecule has 0 radical (unpaired) electrons. The van der Waals surface area contributed by atoms with Crippen LogP contribution in [0.4, 0.5) is 0 Å². The second-order valence-corrected chi connectivity index (χ2v) is 5.52. The normalized spacial score (nSPS) is 10.9. The molecule has 0 atom stereocenters.